The second kappa shape index (κ2) is 8.51. The normalized spacial score (nSPS) is 11.1. The fourth-order valence-electron chi connectivity index (χ4n) is 1.64. The molecule has 2 nitrogen and oxygen atoms in total. The Hall–Kier alpha value is -1.57. The zero-order valence-electron chi connectivity index (χ0n) is 11.3. The first-order chi connectivity index (χ1) is 8.68. The van der Waals surface area contributed by atoms with Gasteiger partial charge in [0.25, 0.3) is 0 Å². The van der Waals surface area contributed by atoms with Gasteiger partial charge in [-0.1, -0.05) is 42.5 Å². The molecule has 18 heavy (non-hydrogen) atoms. The molecule has 0 aliphatic rings. The maximum Gasteiger partial charge on any atom is 0.306 e. The van der Waals surface area contributed by atoms with E-state index >= 15 is 0 Å². The molecule has 1 rings (SSSR count). The lowest BCUT2D eigenvalue weighted by atomic mass is 10.1. The van der Waals surface area contributed by atoms with E-state index in [4.69, 9.17) is 4.74 Å². The molecule has 1 aromatic rings. The maximum atomic E-state index is 11.3. The molecule has 0 bridgehead atoms. The Bertz CT molecular complexity index is 366. The molecule has 0 saturated carbocycles. The SMILES string of the molecule is CC(C)OC(=O)CCCC=CCc1ccccc1. The highest BCUT2D eigenvalue weighted by molar-refractivity contribution is 5.69. The van der Waals surface area contributed by atoms with Gasteiger partial charge in [0.15, 0.2) is 0 Å². The minimum atomic E-state index is -0.0959. The summed E-state index contributed by atoms with van der Waals surface area (Å²) in [4.78, 5) is 11.3. The largest absolute Gasteiger partial charge is 0.463 e. The molecule has 0 amide bonds. The van der Waals surface area contributed by atoms with Crippen molar-refractivity contribution >= 4 is 5.97 Å². The van der Waals surface area contributed by atoms with Gasteiger partial charge in [-0.05, 0) is 38.7 Å². The highest BCUT2D eigenvalue weighted by Gasteiger charge is 2.03. The summed E-state index contributed by atoms with van der Waals surface area (Å²) in [5.41, 5.74) is 1.31. The molecule has 0 aromatic heterocycles. The summed E-state index contributed by atoms with van der Waals surface area (Å²) in [5, 5.41) is 0. The van der Waals surface area contributed by atoms with Gasteiger partial charge >= 0.3 is 5.97 Å². The number of carbonyl (C=O) groups excluding carboxylic acids is 1. The topological polar surface area (TPSA) is 26.3 Å². The molecule has 0 unspecified atom stereocenters. The fourth-order valence-corrected chi connectivity index (χ4v) is 1.64. The number of carbonyl (C=O) groups is 1. The third kappa shape index (κ3) is 6.89. The van der Waals surface area contributed by atoms with E-state index in [0.29, 0.717) is 6.42 Å². The van der Waals surface area contributed by atoms with Gasteiger partial charge in [-0.3, -0.25) is 4.79 Å². The lowest BCUT2D eigenvalue weighted by Gasteiger charge is -2.06. The summed E-state index contributed by atoms with van der Waals surface area (Å²) in [7, 11) is 0. The van der Waals surface area contributed by atoms with Crippen molar-refractivity contribution < 1.29 is 9.53 Å². The van der Waals surface area contributed by atoms with Crippen LogP contribution < -0.4 is 0 Å². The van der Waals surface area contributed by atoms with Gasteiger partial charge in [-0.25, -0.2) is 0 Å². The van der Waals surface area contributed by atoms with Crippen molar-refractivity contribution in [2.45, 2.75) is 45.6 Å². The lowest BCUT2D eigenvalue weighted by Crippen LogP contribution is -2.10. The van der Waals surface area contributed by atoms with Gasteiger partial charge in [0.05, 0.1) is 6.10 Å². The van der Waals surface area contributed by atoms with Gasteiger partial charge in [0.1, 0.15) is 0 Å². The van der Waals surface area contributed by atoms with Crippen LogP contribution in [0.2, 0.25) is 0 Å². The van der Waals surface area contributed by atoms with Crippen LogP contribution in [0.4, 0.5) is 0 Å². The van der Waals surface area contributed by atoms with Crippen molar-refractivity contribution in [2.24, 2.45) is 0 Å². The minimum absolute atomic E-state index is 0.00822. The lowest BCUT2D eigenvalue weighted by molar-refractivity contribution is -0.147. The van der Waals surface area contributed by atoms with Crippen LogP contribution in [-0.2, 0) is 16.0 Å². The Balaban J connectivity index is 2.09. The van der Waals surface area contributed by atoms with Crippen molar-refractivity contribution in [3.8, 4) is 0 Å². The van der Waals surface area contributed by atoms with Gasteiger partial charge in [-0.2, -0.15) is 0 Å². The average Bonchev–Trinajstić information content (AvgIpc) is 2.34. The zero-order chi connectivity index (χ0) is 13.2. The Morgan fingerprint density at radius 2 is 1.94 bits per heavy atom. The number of ether oxygens (including phenoxy) is 1. The van der Waals surface area contributed by atoms with Gasteiger partial charge in [0, 0.05) is 6.42 Å². The van der Waals surface area contributed by atoms with Crippen LogP contribution >= 0.6 is 0 Å². The van der Waals surface area contributed by atoms with E-state index < -0.39 is 0 Å². The van der Waals surface area contributed by atoms with E-state index in [1.165, 1.54) is 5.56 Å². The van der Waals surface area contributed by atoms with Crippen LogP contribution in [0.25, 0.3) is 0 Å². The Kier molecular flexibility index (Phi) is 6.85. The van der Waals surface area contributed by atoms with E-state index in [9.17, 15) is 4.79 Å². The first kappa shape index (κ1) is 14.5. The van der Waals surface area contributed by atoms with Crippen molar-refractivity contribution in [3.63, 3.8) is 0 Å². The molecule has 0 aliphatic heterocycles. The Labute approximate surface area is 110 Å². The fraction of sp³-hybridized carbons (Fsp3) is 0.438. The monoisotopic (exact) mass is 246 g/mol. The van der Waals surface area contributed by atoms with E-state index in [1.54, 1.807) is 0 Å². The van der Waals surface area contributed by atoms with E-state index in [-0.39, 0.29) is 12.1 Å². The molecule has 1 aromatic carbocycles. The van der Waals surface area contributed by atoms with Crippen LogP contribution in [0.5, 0.6) is 0 Å². The van der Waals surface area contributed by atoms with Crippen molar-refractivity contribution in [1.82, 2.24) is 0 Å². The zero-order valence-corrected chi connectivity index (χ0v) is 11.3. The average molecular weight is 246 g/mol. The minimum Gasteiger partial charge on any atom is -0.463 e. The second-order valence-corrected chi connectivity index (χ2v) is 4.59. The molecule has 98 valence electrons. The summed E-state index contributed by atoms with van der Waals surface area (Å²) in [6, 6.07) is 10.3. The molecule has 0 spiro atoms. The first-order valence-corrected chi connectivity index (χ1v) is 6.57. The van der Waals surface area contributed by atoms with E-state index in [1.807, 2.05) is 32.0 Å². The summed E-state index contributed by atoms with van der Waals surface area (Å²) >= 11 is 0. The smallest absolute Gasteiger partial charge is 0.306 e. The quantitative estimate of drug-likeness (QED) is 0.414. The molecule has 0 radical (unpaired) electrons. The second-order valence-electron chi connectivity index (χ2n) is 4.59. The summed E-state index contributed by atoms with van der Waals surface area (Å²) in [6.45, 7) is 3.75. The van der Waals surface area contributed by atoms with Gasteiger partial charge in [0.2, 0.25) is 0 Å². The van der Waals surface area contributed by atoms with Crippen molar-refractivity contribution in [2.75, 3.05) is 0 Å². The molecule has 0 aliphatic carbocycles. The standard InChI is InChI=1S/C16H22O2/c1-14(2)18-16(17)13-9-4-3-6-10-15-11-7-5-8-12-15/h3,5-8,11-12,14H,4,9-10,13H2,1-2H3. The van der Waals surface area contributed by atoms with E-state index in [2.05, 4.69) is 24.3 Å². The molecule has 0 fully saturated rings. The predicted octanol–water partition coefficient (Wildman–Crippen LogP) is 3.91. The summed E-state index contributed by atoms with van der Waals surface area (Å²) < 4.78 is 5.06. The number of hydrogen-bond acceptors (Lipinski definition) is 2. The number of allylic oxidation sites excluding steroid dienone is 2. The molecule has 2 heteroatoms. The molecule has 0 atom stereocenters. The number of unbranched alkanes of at least 4 members (excludes halogenated alkanes) is 1. The van der Waals surface area contributed by atoms with Gasteiger partial charge < -0.3 is 4.74 Å². The Morgan fingerprint density at radius 3 is 2.61 bits per heavy atom. The predicted molar refractivity (Wildman–Crippen MR) is 74.4 cm³/mol. The summed E-state index contributed by atoms with van der Waals surface area (Å²) in [6.07, 6.45) is 7.53. The van der Waals surface area contributed by atoms with E-state index in [0.717, 1.165) is 19.3 Å². The Morgan fingerprint density at radius 1 is 1.22 bits per heavy atom. The molecular formula is C16H22O2. The van der Waals surface area contributed by atoms with Crippen molar-refractivity contribution in [1.29, 1.82) is 0 Å². The molecule has 0 N–H and O–H groups in total. The molecule has 0 saturated heterocycles. The van der Waals surface area contributed by atoms with Crippen LogP contribution in [0, 0.1) is 0 Å². The van der Waals surface area contributed by atoms with Crippen LogP contribution in [0.15, 0.2) is 42.5 Å². The maximum absolute atomic E-state index is 11.3. The number of esters is 1. The third-order valence-electron chi connectivity index (χ3n) is 2.48. The number of hydrogen-bond donors (Lipinski definition) is 0. The number of benzene rings is 1. The highest BCUT2D eigenvalue weighted by Crippen LogP contribution is 2.04. The van der Waals surface area contributed by atoms with Crippen LogP contribution in [-0.4, -0.2) is 12.1 Å². The van der Waals surface area contributed by atoms with Crippen LogP contribution in [0.3, 0.4) is 0 Å². The third-order valence-corrected chi connectivity index (χ3v) is 2.48. The summed E-state index contributed by atoms with van der Waals surface area (Å²) in [5.74, 6) is -0.0959. The number of rotatable bonds is 7. The molecule has 0 heterocycles. The highest BCUT2D eigenvalue weighted by atomic mass is 16.5. The van der Waals surface area contributed by atoms with Crippen LogP contribution in [0.1, 0.15) is 38.7 Å². The molecular weight excluding hydrogens is 224 g/mol. The first-order valence-electron chi connectivity index (χ1n) is 6.57. The van der Waals surface area contributed by atoms with Crippen molar-refractivity contribution in [3.05, 3.63) is 48.0 Å². The van der Waals surface area contributed by atoms with Gasteiger partial charge in [-0.15, -0.1) is 0 Å².